The van der Waals surface area contributed by atoms with E-state index in [1.54, 1.807) is 6.20 Å². The summed E-state index contributed by atoms with van der Waals surface area (Å²) in [6.45, 7) is 0.0655. The van der Waals surface area contributed by atoms with Gasteiger partial charge in [0.1, 0.15) is 4.34 Å². The molecule has 1 aromatic heterocycles. The van der Waals surface area contributed by atoms with Gasteiger partial charge in [-0.1, -0.05) is 11.8 Å². The fourth-order valence-electron chi connectivity index (χ4n) is 0.582. The number of thioether (sulfide) groups is 1. The Labute approximate surface area is 73.0 Å². The van der Waals surface area contributed by atoms with Crippen LogP contribution in [0.4, 0.5) is 0 Å². The number of aromatic nitrogens is 1. The second kappa shape index (κ2) is 3.85. The number of hydrogen-bond acceptors (Lipinski definition) is 5. The highest BCUT2D eigenvalue weighted by atomic mass is 32.2. The van der Waals surface area contributed by atoms with Gasteiger partial charge in [-0.2, -0.15) is 0 Å². The van der Waals surface area contributed by atoms with E-state index < -0.39 is 0 Å². The van der Waals surface area contributed by atoms with E-state index in [4.69, 9.17) is 5.73 Å². The number of ketones is 1. The number of hydrogen-bond donors (Lipinski definition) is 1. The van der Waals surface area contributed by atoms with Crippen molar-refractivity contribution in [3.63, 3.8) is 0 Å². The summed E-state index contributed by atoms with van der Waals surface area (Å²) in [5.41, 5.74) is 5.18. The average molecular weight is 188 g/mol. The van der Waals surface area contributed by atoms with Crippen molar-refractivity contribution in [2.75, 3.05) is 12.8 Å². The third kappa shape index (κ3) is 2.02. The standard InChI is InChI=1S/C6H8N2OS2/c1-10-6-8-3-5(11-6)4(9)2-7/h3H,2,7H2,1H3. The Balaban J connectivity index is 2.80. The molecule has 0 fully saturated rings. The van der Waals surface area contributed by atoms with E-state index in [0.717, 1.165) is 4.34 Å². The molecule has 0 unspecified atom stereocenters. The van der Waals surface area contributed by atoms with Crippen LogP contribution < -0.4 is 5.73 Å². The van der Waals surface area contributed by atoms with Crippen LogP contribution >= 0.6 is 23.1 Å². The number of Topliss-reactive ketones (excluding diaryl/α,β-unsaturated/α-hetero) is 1. The molecule has 0 atom stereocenters. The molecule has 0 aliphatic carbocycles. The van der Waals surface area contributed by atoms with E-state index >= 15 is 0 Å². The maximum absolute atomic E-state index is 11.0. The van der Waals surface area contributed by atoms with Gasteiger partial charge in [-0.25, -0.2) is 4.98 Å². The molecule has 0 saturated carbocycles. The molecule has 0 aliphatic rings. The van der Waals surface area contributed by atoms with Gasteiger partial charge in [0.25, 0.3) is 0 Å². The third-order valence-corrected chi connectivity index (χ3v) is 3.16. The van der Waals surface area contributed by atoms with E-state index in [-0.39, 0.29) is 12.3 Å². The van der Waals surface area contributed by atoms with E-state index in [9.17, 15) is 4.79 Å². The van der Waals surface area contributed by atoms with E-state index in [1.807, 2.05) is 6.26 Å². The predicted octanol–water partition coefficient (Wildman–Crippen LogP) is 1.01. The predicted molar refractivity (Wildman–Crippen MR) is 47.3 cm³/mol. The quantitative estimate of drug-likeness (QED) is 0.568. The lowest BCUT2D eigenvalue weighted by Gasteiger charge is -1.86. The molecule has 1 rings (SSSR count). The molecule has 0 radical (unpaired) electrons. The smallest absolute Gasteiger partial charge is 0.187 e. The summed E-state index contributed by atoms with van der Waals surface area (Å²) in [4.78, 5) is 15.6. The monoisotopic (exact) mass is 188 g/mol. The fraction of sp³-hybridized carbons (Fsp3) is 0.333. The van der Waals surface area contributed by atoms with E-state index in [2.05, 4.69) is 4.98 Å². The second-order valence-corrected chi connectivity index (χ2v) is 3.91. The minimum Gasteiger partial charge on any atom is -0.324 e. The van der Waals surface area contributed by atoms with E-state index in [1.165, 1.54) is 23.1 Å². The third-order valence-electron chi connectivity index (χ3n) is 1.12. The molecule has 5 heteroatoms. The molecule has 0 spiro atoms. The number of carbonyl (C=O) groups excluding carboxylic acids is 1. The maximum Gasteiger partial charge on any atom is 0.187 e. The molecule has 0 aliphatic heterocycles. The lowest BCUT2D eigenvalue weighted by molar-refractivity contribution is 0.100. The number of carbonyl (C=O) groups is 1. The molecule has 1 aromatic rings. The molecule has 0 aromatic carbocycles. The maximum atomic E-state index is 11.0. The van der Waals surface area contributed by atoms with Crippen molar-refractivity contribution >= 4 is 28.9 Å². The second-order valence-electron chi connectivity index (χ2n) is 1.82. The van der Waals surface area contributed by atoms with Gasteiger partial charge in [-0.05, 0) is 6.26 Å². The zero-order valence-corrected chi connectivity index (χ0v) is 7.67. The summed E-state index contributed by atoms with van der Waals surface area (Å²) in [7, 11) is 0. The van der Waals surface area contributed by atoms with Gasteiger partial charge >= 0.3 is 0 Å². The Bertz CT molecular complexity index is 259. The Kier molecular flexibility index (Phi) is 3.04. The van der Waals surface area contributed by atoms with Gasteiger partial charge in [0.2, 0.25) is 0 Å². The van der Waals surface area contributed by atoms with E-state index in [0.29, 0.717) is 4.88 Å². The molecular weight excluding hydrogens is 180 g/mol. The lowest BCUT2D eigenvalue weighted by Crippen LogP contribution is -2.11. The Morgan fingerprint density at radius 3 is 3.09 bits per heavy atom. The van der Waals surface area contributed by atoms with Crippen LogP contribution in [0.1, 0.15) is 9.67 Å². The zero-order chi connectivity index (χ0) is 8.27. The summed E-state index contributed by atoms with van der Waals surface area (Å²) in [5, 5.41) is 0. The first-order chi connectivity index (χ1) is 5.27. The largest absolute Gasteiger partial charge is 0.324 e. The van der Waals surface area contributed by atoms with Gasteiger partial charge in [-0.15, -0.1) is 11.3 Å². The lowest BCUT2D eigenvalue weighted by atomic mass is 10.4. The van der Waals surface area contributed by atoms with Gasteiger partial charge in [-0.3, -0.25) is 4.79 Å². The van der Waals surface area contributed by atoms with Gasteiger partial charge in [0.05, 0.1) is 17.6 Å². The number of nitrogens with zero attached hydrogens (tertiary/aromatic N) is 1. The van der Waals surface area contributed by atoms with Crippen molar-refractivity contribution in [2.24, 2.45) is 5.73 Å². The van der Waals surface area contributed by atoms with Crippen LogP contribution in [0.2, 0.25) is 0 Å². The number of rotatable bonds is 3. The average Bonchev–Trinajstić information content (AvgIpc) is 2.50. The van der Waals surface area contributed by atoms with Crippen molar-refractivity contribution in [1.29, 1.82) is 0 Å². The van der Waals surface area contributed by atoms with Gasteiger partial charge < -0.3 is 5.73 Å². The highest BCUT2D eigenvalue weighted by Gasteiger charge is 2.07. The van der Waals surface area contributed by atoms with Crippen molar-refractivity contribution in [3.05, 3.63) is 11.1 Å². The summed E-state index contributed by atoms with van der Waals surface area (Å²) < 4.78 is 0.904. The summed E-state index contributed by atoms with van der Waals surface area (Å²) in [5.74, 6) is -0.0391. The van der Waals surface area contributed by atoms with Crippen LogP contribution in [0.15, 0.2) is 10.5 Å². The van der Waals surface area contributed by atoms with Gasteiger partial charge in [0, 0.05) is 0 Å². The molecule has 60 valence electrons. The SMILES string of the molecule is CSc1ncc(C(=O)CN)s1. The van der Waals surface area contributed by atoms with Crippen molar-refractivity contribution in [3.8, 4) is 0 Å². The van der Waals surface area contributed by atoms with Crippen LogP contribution in [0, 0.1) is 0 Å². The first kappa shape index (κ1) is 8.70. The van der Waals surface area contributed by atoms with Crippen LogP contribution in [0.3, 0.4) is 0 Å². The highest BCUT2D eigenvalue weighted by molar-refractivity contribution is 8.00. The molecule has 3 nitrogen and oxygen atoms in total. The van der Waals surface area contributed by atoms with Crippen molar-refractivity contribution in [1.82, 2.24) is 4.98 Å². The van der Waals surface area contributed by atoms with Crippen LogP contribution in [-0.4, -0.2) is 23.6 Å². The Morgan fingerprint density at radius 1 is 1.91 bits per heavy atom. The van der Waals surface area contributed by atoms with Crippen molar-refractivity contribution in [2.45, 2.75) is 4.34 Å². The minimum absolute atomic E-state index is 0.0391. The molecule has 1 heterocycles. The first-order valence-electron chi connectivity index (χ1n) is 3.01. The highest BCUT2D eigenvalue weighted by Crippen LogP contribution is 2.21. The van der Waals surface area contributed by atoms with Crippen LogP contribution in [0.5, 0.6) is 0 Å². The summed E-state index contributed by atoms with van der Waals surface area (Å²) in [6.07, 6.45) is 3.50. The molecular formula is C6H8N2OS2. The minimum atomic E-state index is -0.0391. The molecule has 11 heavy (non-hydrogen) atoms. The van der Waals surface area contributed by atoms with Crippen LogP contribution in [-0.2, 0) is 0 Å². The zero-order valence-electron chi connectivity index (χ0n) is 6.03. The van der Waals surface area contributed by atoms with Crippen molar-refractivity contribution < 1.29 is 4.79 Å². The van der Waals surface area contributed by atoms with Crippen LogP contribution in [0.25, 0.3) is 0 Å². The summed E-state index contributed by atoms with van der Waals surface area (Å²) in [6, 6.07) is 0. The molecule has 0 bridgehead atoms. The number of thiazole rings is 1. The molecule has 0 saturated heterocycles. The summed E-state index contributed by atoms with van der Waals surface area (Å²) >= 11 is 2.92. The number of nitrogens with two attached hydrogens (primary N) is 1. The Morgan fingerprint density at radius 2 is 2.64 bits per heavy atom. The normalized spacial score (nSPS) is 10.0. The van der Waals surface area contributed by atoms with Gasteiger partial charge in [0.15, 0.2) is 5.78 Å². The fourth-order valence-corrected chi connectivity index (χ4v) is 1.94. The molecule has 0 amide bonds. The Hall–Kier alpha value is -0.390. The molecule has 2 N–H and O–H groups in total. The topological polar surface area (TPSA) is 56.0 Å². The first-order valence-corrected chi connectivity index (χ1v) is 5.05.